The normalized spacial score (nSPS) is 12.7. The first-order valence-corrected chi connectivity index (χ1v) is 9.17. The molecule has 1 N–H and O–H groups in total. The van der Waals surface area contributed by atoms with Crippen molar-refractivity contribution in [3.05, 3.63) is 58.3 Å². The van der Waals surface area contributed by atoms with Crippen LogP contribution in [-0.4, -0.2) is 25.6 Å². The van der Waals surface area contributed by atoms with Crippen LogP contribution >= 0.6 is 15.9 Å². The second-order valence-corrected chi connectivity index (χ2v) is 7.86. The SMILES string of the molecule is CC(NC(=O)c1cncc(Br)c1)c1ccc(S(C)(=O)=O)cc1. The molecule has 2 rings (SSSR count). The number of pyridine rings is 1. The third-order valence-electron chi connectivity index (χ3n) is 3.12. The van der Waals surface area contributed by atoms with Crippen LogP contribution in [0, 0.1) is 0 Å². The van der Waals surface area contributed by atoms with E-state index in [1.54, 1.807) is 24.4 Å². The average molecular weight is 383 g/mol. The van der Waals surface area contributed by atoms with Gasteiger partial charge in [0.2, 0.25) is 0 Å². The van der Waals surface area contributed by atoms with E-state index in [0.29, 0.717) is 5.56 Å². The number of nitrogens with one attached hydrogen (secondary N) is 1. The summed E-state index contributed by atoms with van der Waals surface area (Å²) in [6, 6.07) is 7.89. The van der Waals surface area contributed by atoms with E-state index in [1.165, 1.54) is 18.3 Å². The van der Waals surface area contributed by atoms with Crippen molar-refractivity contribution in [3.63, 3.8) is 0 Å². The van der Waals surface area contributed by atoms with Crippen LogP contribution in [0.1, 0.15) is 28.9 Å². The Labute approximate surface area is 137 Å². The van der Waals surface area contributed by atoms with Crippen LogP contribution in [0.2, 0.25) is 0 Å². The molecule has 0 aliphatic carbocycles. The first kappa shape index (κ1) is 16.6. The molecule has 7 heteroatoms. The molecule has 0 bridgehead atoms. The number of aromatic nitrogens is 1. The minimum Gasteiger partial charge on any atom is -0.345 e. The van der Waals surface area contributed by atoms with Gasteiger partial charge in [-0.2, -0.15) is 0 Å². The highest BCUT2D eigenvalue weighted by atomic mass is 79.9. The summed E-state index contributed by atoms with van der Waals surface area (Å²) in [5.74, 6) is -0.242. The molecule has 0 saturated heterocycles. The number of sulfone groups is 1. The zero-order valence-corrected chi connectivity index (χ0v) is 14.5. The summed E-state index contributed by atoms with van der Waals surface area (Å²) in [4.78, 5) is 16.3. The summed E-state index contributed by atoms with van der Waals surface area (Å²) < 4.78 is 23.6. The van der Waals surface area contributed by atoms with Crippen LogP contribution < -0.4 is 5.32 Å². The smallest absolute Gasteiger partial charge is 0.253 e. The number of hydrogen-bond acceptors (Lipinski definition) is 4. The second-order valence-electron chi connectivity index (χ2n) is 4.93. The molecule has 22 heavy (non-hydrogen) atoms. The first-order chi connectivity index (χ1) is 10.3. The summed E-state index contributed by atoms with van der Waals surface area (Å²) in [7, 11) is -3.22. The van der Waals surface area contributed by atoms with Crippen molar-refractivity contribution in [2.45, 2.75) is 17.9 Å². The fourth-order valence-electron chi connectivity index (χ4n) is 1.90. The van der Waals surface area contributed by atoms with Crippen molar-refractivity contribution in [1.82, 2.24) is 10.3 Å². The van der Waals surface area contributed by atoms with E-state index in [4.69, 9.17) is 0 Å². The first-order valence-electron chi connectivity index (χ1n) is 6.49. The minimum absolute atomic E-state index is 0.242. The van der Waals surface area contributed by atoms with E-state index in [9.17, 15) is 13.2 Å². The van der Waals surface area contributed by atoms with Crippen molar-refractivity contribution in [2.75, 3.05) is 6.26 Å². The molecule has 0 saturated carbocycles. The number of hydrogen-bond donors (Lipinski definition) is 1. The van der Waals surface area contributed by atoms with Gasteiger partial charge in [0.05, 0.1) is 16.5 Å². The van der Waals surface area contributed by atoms with Gasteiger partial charge < -0.3 is 5.32 Å². The van der Waals surface area contributed by atoms with Crippen LogP contribution in [-0.2, 0) is 9.84 Å². The summed E-state index contributed by atoms with van der Waals surface area (Å²) in [5, 5.41) is 2.85. The molecule has 1 aromatic carbocycles. The summed E-state index contributed by atoms with van der Waals surface area (Å²) in [6.07, 6.45) is 4.25. The van der Waals surface area contributed by atoms with Gasteiger partial charge in [0.15, 0.2) is 9.84 Å². The fraction of sp³-hybridized carbons (Fsp3) is 0.200. The van der Waals surface area contributed by atoms with E-state index >= 15 is 0 Å². The predicted octanol–water partition coefficient (Wildman–Crippen LogP) is 2.74. The van der Waals surface area contributed by atoms with E-state index < -0.39 is 9.84 Å². The van der Waals surface area contributed by atoms with Crippen molar-refractivity contribution in [3.8, 4) is 0 Å². The maximum Gasteiger partial charge on any atom is 0.253 e. The molecule has 2 aromatic rings. The molecule has 1 atom stereocenters. The molecule has 0 aliphatic rings. The number of carbonyl (C=O) groups is 1. The van der Waals surface area contributed by atoms with Gasteiger partial charge in [-0.05, 0) is 46.6 Å². The molecule has 0 fully saturated rings. The topological polar surface area (TPSA) is 76.1 Å². The molecule has 0 aliphatic heterocycles. The molecule has 0 radical (unpaired) electrons. The van der Waals surface area contributed by atoms with Crippen LogP contribution in [0.15, 0.2) is 52.1 Å². The molecule has 1 amide bonds. The number of benzene rings is 1. The Morgan fingerprint density at radius 3 is 2.41 bits per heavy atom. The van der Waals surface area contributed by atoms with Gasteiger partial charge in [-0.25, -0.2) is 8.42 Å². The van der Waals surface area contributed by atoms with Gasteiger partial charge >= 0.3 is 0 Å². The van der Waals surface area contributed by atoms with Crippen LogP contribution in [0.3, 0.4) is 0 Å². The largest absolute Gasteiger partial charge is 0.345 e. The van der Waals surface area contributed by atoms with Gasteiger partial charge in [-0.15, -0.1) is 0 Å². The Morgan fingerprint density at radius 1 is 1.23 bits per heavy atom. The number of halogens is 1. The lowest BCUT2D eigenvalue weighted by Crippen LogP contribution is -2.26. The third-order valence-corrected chi connectivity index (χ3v) is 4.69. The van der Waals surface area contributed by atoms with Gasteiger partial charge in [0.1, 0.15) is 0 Å². The Morgan fingerprint density at radius 2 is 1.86 bits per heavy atom. The van der Waals surface area contributed by atoms with Gasteiger partial charge in [-0.3, -0.25) is 9.78 Å². The zero-order valence-electron chi connectivity index (χ0n) is 12.1. The maximum absolute atomic E-state index is 12.1. The summed E-state index contributed by atoms with van der Waals surface area (Å²) in [6.45, 7) is 1.83. The van der Waals surface area contributed by atoms with E-state index in [-0.39, 0.29) is 16.8 Å². The molecule has 1 heterocycles. The lowest BCUT2D eigenvalue weighted by atomic mass is 10.1. The highest BCUT2D eigenvalue weighted by Gasteiger charge is 2.13. The Kier molecular flexibility index (Phi) is 4.97. The van der Waals surface area contributed by atoms with E-state index in [2.05, 4.69) is 26.2 Å². The zero-order chi connectivity index (χ0) is 16.3. The molecule has 0 spiro atoms. The van der Waals surface area contributed by atoms with Crippen molar-refractivity contribution in [2.24, 2.45) is 0 Å². The minimum atomic E-state index is -3.22. The maximum atomic E-state index is 12.1. The quantitative estimate of drug-likeness (QED) is 0.881. The number of carbonyl (C=O) groups excluding carboxylic acids is 1. The highest BCUT2D eigenvalue weighted by molar-refractivity contribution is 9.10. The lowest BCUT2D eigenvalue weighted by Gasteiger charge is -2.14. The predicted molar refractivity (Wildman–Crippen MR) is 87.4 cm³/mol. The van der Waals surface area contributed by atoms with E-state index in [1.807, 2.05) is 6.92 Å². The Hall–Kier alpha value is -1.73. The molecular formula is C15H15BrN2O3S. The molecule has 1 aromatic heterocycles. The van der Waals surface area contributed by atoms with Crippen molar-refractivity contribution in [1.29, 1.82) is 0 Å². The highest BCUT2D eigenvalue weighted by Crippen LogP contribution is 2.17. The van der Waals surface area contributed by atoms with Gasteiger partial charge in [0.25, 0.3) is 5.91 Å². The van der Waals surface area contributed by atoms with Crippen LogP contribution in [0.4, 0.5) is 0 Å². The van der Waals surface area contributed by atoms with Gasteiger partial charge in [0, 0.05) is 23.1 Å². The standard InChI is InChI=1S/C15H15BrN2O3S/c1-10(11-3-5-14(6-4-11)22(2,20)21)18-15(19)12-7-13(16)9-17-8-12/h3-10H,1-2H3,(H,18,19). The number of rotatable bonds is 4. The fourth-order valence-corrected chi connectivity index (χ4v) is 2.90. The number of amides is 1. The monoisotopic (exact) mass is 382 g/mol. The van der Waals surface area contributed by atoms with E-state index in [0.717, 1.165) is 16.3 Å². The average Bonchev–Trinajstić information content (AvgIpc) is 2.46. The third kappa shape index (κ3) is 4.14. The van der Waals surface area contributed by atoms with Crippen molar-refractivity contribution < 1.29 is 13.2 Å². The van der Waals surface area contributed by atoms with Crippen LogP contribution in [0.25, 0.3) is 0 Å². The summed E-state index contributed by atoms with van der Waals surface area (Å²) >= 11 is 3.27. The molecule has 5 nitrogen and oxygen atoms in total. The van der Waals surface area contributed by atoms with Crippen molar-refractivity contribution >= 4 is 31.7 Å². The molecular weight excluding hydrogens is 368 g/mol. The van der Waals surface area contributed by atoms with Crippen LogP contribution in [0.5, 0.6) is 0 Å². The number of nitrogens with zero attached hydrogens (tertiary/aromatic N) is 1. The molecule has 1 unspecified atom stereocenters. The Balaban J connectivity index is 2.12. The molecule has 116 valence electrons. The Bertz CT molecular complexity index is 789. The second kappa shape index (κ2) is 6.58. The van der Waals surface area contributed by atoms with Gasteiger partial charge in [-0.1, -0.05) is 12.1 Å². The lowest BCUT2D eigenvalue weighted by molar-refractivity contribution is 0.0939. The summed E-state index contributed by atoms with van der Waals surface area (Å²) in [5.41, 5.74) is 1.28.